The summed E-state index contributed by atoms with van der Waals surface area (Å²) in [7, 11) is 1.28. The molecule has 1 aliphatic heterocycles. The smallest absolute Gasteiger partial charge is 0.411 e. The number of halogens is 1. The van der Waals surface area contributed by atoms with Gasteiger partial charge in [0.25, 0.3) is 0 Å². The molecule has 7 heteroatoms. The quantitative estimate of drug-likeness (QED) is 0.496. The molecule has 3 rings (SSSR count). The van der Waals surface area contributed by atoms with Crippen LogP contribution >= 0.6 is 0 Å². The van der Waals surface area contributed by atoms with Crippen LogP contribution in [0.1, 0.15) is 31.2 Å². The zero-order valence-corrected chi connectivity index (χ0v) is 17.5. The van der Waals surface area contributed by atoms with Gasteiger partial charge < -0.3 is 14.8 Å². The lowest BCUT2D eigenvalue weighted by molar-refractivity contribution is -0.144. The SMILES string of the molecule is C=C1C/C=C/CC(C(=O)OCC)c2cc(F)cc(c2)-c2ccc(NC(=O)OC)cc2N1. The van der Waals surface area contributed by atoms with Crippen molar-refractivity contribution in [3.63, 3.8) is 0 Å². The van der Waals surface area contributed by atoms with Crippen molar-refractivity contribution in [1.29, 1.82) is 0 Å². The van der Waals surface area contributed by atoms with Crippen molar-refractivity contribution in [2.24, 2.45) is 0 Å². The summed E-state index contributed by atoms with van der Waals surface area (Å²) in [4.78, 5) is 24.1. The summed E-state index contributed by atoms with van der Waals surface area (Å²) in [5, 5.41) is 5.86. The number of esters is 1. The second-order valence-electron chi connectivity index (χ2n) is 7.09. The number of anilines is 2. The van der Waals surface area contributed by atoms with Crippen molar-refractivity contribution >= 4 is 23.4 Å². The number of hydrogen-bond acceptors (Lipinski definition) is 5. The minimum Gasteiger partial charge on any atom is -0.466 e. The number of carbonyl (C=O) groups is 2. The first-order chi connectivity index (χ1) is 14.9. The van der Waals surface area contributed by atoms with Crippen molar-refractivity contribution < 1.29 is 23.5 Å². The fraction of sp³-hybridized carbons (Fsp3) is 0.250. The first-order valence-corrected chi connectivity index (χ1v) is 9.97. The molecule has 0 spiro atoms. The van der Waals surface area contributed by atoms with Crippen LogP contribution in [-0.4, -0.2) is 25.8 Å². The molecule has 1 aliphatic rings. The van der Waals surface area contributed by atoms with Gasteiger partial charge in [-0.2, -0.15) is 0 Å². The Kier molecular flexibility index (Phi) is 7.07. The fourth-order valence-electron chi connectivity index (χ4n) is 3.43. The van der Waals surface area contributed by atoms with Crippen LogP contribution in [0, 0.1) is 5.82 Å². The van der Waals surface area contributed by atoms with E-state index < -0.39 is 23.8 Å². The lowest BCUT2D eigenvalue weighted by atomic mass is 9.91. The van der Waals surface area contributed by atoms with E-state index in [2.05, 4.69) is 21.9 Å². The Bertz CT molecular complexity index is 1030. The summed E-state index contributed by atoms with van der Waals surface area (Å²) >= 11 is 0. The largest absolute Gasteiger partial charge is 0.466 e. The van der Waals surface area contributed by atoms with Crippen molar-refractivity contribution in [3.05, 3.63) is 72.2 Å². The maximum absolute atomic E-state index is 14.6. The van der Waals surface area contributed by atoms with Gasteiger partial charge >= 0.3 is 12.1 Å². The molecular formula is C24H25FN2O4. The summed E-state index contributed by atoms with van der Waals surface area (Å²) in [5.74, 6) is -1.46. The molecule has 0 fully saturated rings. The monoisotopic (exact) mass is 424 g/mol. The van der Waals surface area contributed by atoms with Crippen LogP contribution in [0.2, 0.25) is 0 Å². The number of allylic oxidation sites excluding steroid dienone is 2. The van der Waals surface area contributed by atoms with Crippen LogP contribution in [0.25, 0.3) is 11.1 Å². The van der Waals surface area contributed by atoms with E-state index in [1.807, 2.05) is 12.2 Å². The maximum atomic E-state index is 14.6. The van der Waals surface area contributed by atoms with Gasteiger partial charge in [-0.05, 0) is 54.8 Å². The van der Waals surface area contributed by atoms with Gasteiger partial charge in [-0.1, -0.05) is 24.8 Å². The van der Waals surface area contributed by atoms with E-state index in [-0.39, 0.29) is 6.61 Å². The van der Waals surface area contributed by atoms with Gasteiger partial charge in [-0.15, -0.1) is 0 Å². The van der Waals surface area contributed by atoms with Gasteiger partial charge in [0.2, 0.25) is 0 Å². The molecule has 2 bridgehead atoms. The van der Waals surface area contributed by atoms with Gasteiger partial charge in [-0.3, -0.25) is 10.1 Å². The predicted molar refractivity (Wildman–Crippen MR) is 118 cm³/mol. The van der Waals surface area contributed by atoms with Crippen LogP contribution in [0.3, 0.4) is 0 Å². The summed E-state index contributed by atoms with van der Waals surface area (Å²) in [5.41, 5.74) is 3.68. The van der Waals surface area contributed by atoms with Gasteiger partial charge in [-0.25, -0.2) is 9.18 Å². The van der Waals surface area contributed by atoms with Gasteiger partial charge in [0.1, 0.15) is 5.82 Å². The van der Waals surface area contributed by atoms with Gasteiger partial charge in [0, 0.05) is 29.1 Å². The molecule has 0 aromatic heterocycles. The first kappa shape index (κ1) is 22.1. The lowest BCUT2D eigenvalue weighted by Gasteiger charge is -2.19. The zero-order valence-electron chi connectivity index (χ0n) is 17.5. The summed E-state index contributed by atoms with van der Waals surface area (Å²) in [6, 6.07) is 9.74. The molecule has 2 N–H and O–H groups in total. The highest BCUT2D eigenvalue weighted by molar-refractivity contribution is 5.89. The molecule has 2 aromatic rings. The van der Waals surface area contributed by atoms with Crippen molar-refractivity contribution in [3.8, 4) is 11.1 Å². The highest BCUT2D eigenvalue weighted by Gasteiger charge is 2.23. The molecule has 0 aliphatic carbocycles. The molecule has 0 saturated heterocycles. The van der Waals surface area contributed by atoms with Crippen LogP contribution in [-0.2, 0) is 14.3 Å². The number of carbonyl (C=O) groups excluding carboxylic acids is 2. The average Bonchev–Trinajstić information content (AvgIpc) is 2.72. The van der Waals surface area contributed by atoms with E-state index in [9.17, 15) is 14.0 Å². The van der Waals surface area contributed by atoms with Crippen LogP contribution in [0.4, 0.5) is 20.6 Å². The molecule has 1 unspecified atom stereocenters. The molecule has 31 heavy (non-hydrogen) atoms. The molecule has 1 amide bonds. The molecule has 6 nitrogen and oxygen atoms in total. The summed E-state index contributed by atoms with van der Waals surface area (Å²) in [6.45, 7) is 6.03. The van der Waals surface area contributed by atoms with Crippen molar-refractivity contribution in [1.82, 2.24) is 0 Å². The summed E-state index contributed by atoms with van der Waals surface area (Å²) in [6.07, 6.45) is 4.10. The third-order valence-corrected chi connectivity index (χ3v) is 4.87. The van der Waals surface area contributed by atoms with E-state index in [1.54, 1.807) is 31.2 Å². The van der Waals surface area contributed by atoms with E-state index >= 15 is 0 Å². The Balaban J connectivity index is 2.13. The molecular weight excluding hydrogens is 399 g/mol. The third kappa shape index (κ3) is 5.51. The number of amides is 1. The molecule has 1 heterocycles. The minimum absolute atomic E-state index is 0.251. The number of nitrogens with one attached hydrogen (secondary N) is 2. The molecule has 0 radical (unpaired) electrons. The molecule has 162 valence electrons. The molecule has 1 atom stereocenters. The summed E-state index contributed by atoms with van der Waals surface area (Å²) < 4.78 is 24.5. The number of methoxy groups -OCH3 is 1. The van der Waals surface area contributed by atoms with E-state index in [4.69, 9.17) is 4.74 Å². The highest BCUT2D eigenvalue weighted by Crippen LogP contribution is 2.35. The Morgan fingerprint density at radius 2 is 2.03 bits per heavy atom. The van der Waals surface area contributed by atoms with Gasteiger partial charge in [0.15, 0.2) is 0 Å². The number of benzene rings is 2. The number of ether oxygens (including phenoxy) is 2. The predicted octanol–water partition coefficient (Wildman–Crippen LogP) is 5.59. The maximum Gasteiger partial charge on any atom is 0.411 e. The second-order valence-corrected chi connectivity index (χ2v) is 7.09. The average molecular weight is 424 g/mol. The second kappa shape index (κ2) is 9.93. The number of hydrogen-bond donors (Lipinski definition) is 2. The molecule has 0 saturated carbocycles. The van der Waals surface area contributed by atoms with E-state index in [0.29, 0.717) is 46.6 Å². The Labute approximate surface area is 180 Å². The van der Waals surface area contributed by atoms with Crippen LogP contribution in [0.5, 0.6) is 0 Å². The third-order valence-electron chi connectivity index (χ3n) is 4.87. The number of rotatable bonds is 3. The Morgan fingerprint density at radius 3 is 2.77 bits per heavy atom. The van der Waals surface area contributed by atoms with Crippen LogP contribution in [0.15, 0.2) is 60.8 Å². The van der Waals surface area contributed by atoms with Crippen molar-refractivity contribution in [2.45, 2.75) is 25.7 Å². The highest BCUT2D eigenvalue weighted by atomic mass is 19.1. The standard InChI is InChI=1S/C24H25FN2O4/c1-4-31-23(28)21-8-6-5-7-15(2)26-22-14-19(27-24(29)30-3)9-10-20(22)16-11-17(21)13-18(25)12-16/h5-6,9-14,21,26H,2,4,7-8H2,1,3H3,(H,27,29)/b6-5+. The molecule has 2 aromatic carbocycles. The topological polar surface area (TPSA) is 76.7 Å². The van der Waals surface area contributed by atoms with Crippen molar-refractivity contribution in [2.75, 3.05) is 24.4 Å². The fourth-order valence-corrected chi connectivity index (χ4v) is 3.43. The van der Waals surface area contributed by atoms with Gasteiger partial charge in [0.05, 0.1) is 19.6 Å². The normalized spacial score (nSPS) is 16.6. The minimum atomic E-state index is -0.616. The Hall–Kier alpha value is -3.61. The number of fused-ring (bicyclic) bond motifs is 4. The van der Waals surface area contributed by atoms with E-state index in [0.717, 1.165) is 0 Å². The first-order valence-electron chi connectivity index (χ1n) is 9.97. The lowest BCUT2D eigenvalue weighted by Crippen LogP contribution is -2.16. The zero-order chi connectivity index (χ0) is 22.4. The van der Waals surface area contributed by atoms with Crippen LogP contribution < -0.4 is 10.6 Å². The van der Waals surface area contributed by atoms with E-state index in [1.165, 1.54) is 19.2 Å². The Morgan fingerprint density at radius 1 is 1.23 bits per heavy atom.